The lowest BCUT2D eigenvalue weighted by atomic mass is 10.1. The van der Waals surface area contributed by atoms with Crippen LogP contribution >= 0.6 is 0 Å². The minimum atomic E-state index is -0.837. The van der Waals surface area contributed by atoms with Gasteiger partial charge in [-0.05, 0) is 24.1 Å². The van der Waals surface area contributed by atoms with Crippen LogP contribution in [0.2, 0.25) is 0 Å². The van der Waals surface area contributed by atoms with E-state index in [1.54, 1.807) is 19.1 Å². The van der Waals surface area contributed by atoms with Crippen LogP contribution in [-0.2, 0) is 36.8 Å². The van der Waals surface area contributed by atoms with Crippen LogP contribution in [0.25, 0.3) is 0 Å². The first-order chi connectivity index (χ1) is 15.5. The topological polar surface area (TPSA) is 81.9 Å². The van der Waals surface area contributed by atoms with Crippen LogP contribution < -0.4 is 0 Å². The van der Waals surface area contributed by atoms with Gasteiger partial charge in [0.25, 0.3) is 0 Å². The zero-order valence-electron chi connectivity index (χ0n) is 18.2. The van der Waals surface area contributed by atoms with E-state index >= 15 is 0 Å². The molecular weight excluding hydrogens is 410 g/mol. The highest BCUT2D eigenvalue weighted by Crippen LogP contribution is 2.29. The van der Waals surface area contributed by atoms with E-state index in [-0.39, 0.29) is 13.0 Å². The minimum Gasteiger partial charge on any atom is -0.455 e. The molecule has 1 aliphatic rings. The van der Waals surface area contributed by atoms with E-state index in [4.69, 9.17) is 14.2 Å². The third-order valence-corrected chi connectivity index (χ3v) is 4.94. The Morgan fingerprint density at radius 1 is 1.00 bits per heavy atom. The number of carbonyl (C=O) groups excluding carboxylic acids is 3. The molecule has 2 aromatic carbocycles. The number of hydrogen-bond donors (Lipinski definition) is 0. The third-order valence-electron chi connectivity index (χ3n) is 4.94. The molecule has 0 aromatic heterocycles. The van der Waals surface area contributed by atoms with Crippen molar-refractivity contribution in [1.29, 1.82) is 0 Å². The number of esters is 2. The number of benzene rings is 2. The third kappa shape index (κ3) is 6.70. The second-order valence-corrected chi connectivity index (χ2v) is 7.48. The average molecular weight is 437 g/mol. The maximum Gasteiger partial charge on any atom is 0.410 e. The quantitative estimate of drug-likeness (QED) is 0.258. The molecule has 1 aliphatic heterocycles. The van der Waals surface area contributed by atoms with E-state index < -0.39 is 36.3 Å². The summed E-state index contributed by atoms with van der Waals surface area (Å²) in [5, 5.41) is 0. The van der Waals surface area contributed by atoms with Crippen LogP contribution in [0.3, 0.4) is 0 Å². The number of allylic oxidation sites excluding steroid dienone is 1. The minimum absolute atomic E-state index is 0.0745. The van der Waals surface area contributed by atoms with Crippen molar-refractivity contribution in [2.75, 3.05) is 6.54 Å². The molecule has 0 saturated carbocycles. The van der Waals surface area contributed by atoms with Crippen LogP contribution in [-0.4, -0.2) is 47.7 Å². The van der Waals surface area contributed by atoms with Crippen LogP contribution in [0.15, 0.2) is 72.8 Å². The van der Waals surface area contributed by atoms with Crippen molar-refractivity contribution < 1.29 is 28.6 Å². The van der Waals surface area contributed by atoms with Gasteiger partial charge in [-0.2, -0.15) is 0 Å². The van der Waals surface area contributed by atoms with Crippen molar-refractivity contribution in [3.8, 4) is 0 Å². The van der Waals surface area contributed by atoms with E-state index in [0.29, 0.717) is 6.54 Å². The number of ether oxygens (including phenoxy) is 3. The molecule has 168 valence electrons. The van der Waals surface area contributed by atoms with Gasteiger partial charge in [-0.15, -0.1) is 0 Å². The first kappa shape index (κ1) is 23.1. The summed E-state index contributed by atoms with van der Waals surface area (Å²) in [6, 6.07) is 18.1. The van der Waals surface area contributed by atoms with Gasteiger partial charge in [0.05, 0.1) is 12.5 Å². The predicted molar refractivity (Wildman–Crippen MR) is 118 cm³/mol. The molecule has 7 heteroatoms. The average Bonchev–Trinajstić information content (AvgIpc) is 3.57. The van der Waals surface area contributed by atoms with E-state index in [0.717, 1.165) is 11.1 Å². The summed E-state index contributed by atoms with van der Waals surface area (Å²) in [5.74, 6) is -0.969. The van der Waals surface area contributed by atoms with E-state index in [9.17, 15) is 14.4 Å². The van der Waals surface area contributed by atoms with Crippen molar-refractivity contribution in [3.63, 3.8) is 0 Å². The molecule has 2 aromatic rings. The molecule has 1 amide bonds. The molecule has 0 N–H and O–H groups in total. The van der Waals surface area contributed by atoms with Gasteiger partial charge in [-0.1, -0.05) is 66.7 Å². The SMILES string of the molecule is C/C=C\[C@@H](OC(C)=O)[C@H](OC(=O)Cc1ccccc1)[C@@H]1CN1C(=O)OCc1ccccc1. The summed E-state index contributed by atoms with van der Waals surface area (Å²) in [5.41, 5.74) is 1.68. The molecule has 0 spiro atoms. The molecule has 3 rings (SSSR count). The number of nitrogens with zero attached hydrogens (tertiary/aromatic N) is 1. The summed E-state index contributed by atoms with van der Waals surface area (Å²) < 4.78 is 16.5. The lowest BCUT2D eigenvalue weighted by molar-refractivity contribution is -0.163. The molecular formula is C25H27NO6. The van der Waals surface area contributed by atoms with E-state index in [1.165, 1.54) is 11.8 Å². The molecule has 1 fully saturated rings. The summed E-state index contributed by atoms with van der Waals surface area (Å²) >= 11 is 0. The highest BCUT2D eigenvalue weighted by atomic mass is 16.6. The summed E-state index contributed by atoms with van der Waals surface area (Å²) in [7, 11) is 0. The van der Waals surface area contributed by atoms with Crippen LogP contribution in [0.4, 0.5) is 4.79 Å². The van der Waals surface area contributed by atoms with Gasteiger partial charge in [-0.25, -0.2) is 4.79 Å². The summed E-state index contributed by atoms with van der Waals surface area (Å²) in [4.78, 5) is 38.2. The maximum atomic E-state index is 12.6. The van der Waals surface area contributed by atoms with Gasteiger partial charge in [0.2, 0.25) is 0 Å². The fourth-order valence-electron chi connectivity index (χ4n) is 3.37. The molecule has 32 heavy (non-hydrogen) atoms. The number of hydrogen-bond acceptors (Lipinski definition) is 6. The molecule has 0 aliphatic carbocycles. The van der Waals surface area contributed by atoms with Crippen molar-refractivity contribution in [2.24, 2.45) is 0 Å². The Morgan fingerprint density at radius 2 is 1.62 bits per heavy atom. The Balaban J connectivity index is 1.67. The summed E-state index contributed by atoms with van der Waals surface area (Å²) in [6.45, 7) is 3.55. The fourth-order valence-corrected chi connectivity index (χ4v) is 3.37. The Bertz CT molecular complexity index is 943. The van der Waals surface area contributed by atoms with Crippen LogP contribution in [0, 0.1) is 0 Å². The van der Waals surface area contributed by atoms with Gasteiger partial charge in [-0.3, -0.25) is 14.5 Å². The molecule has 0 bridgehead atoms. The molecule has 0 radical (unpaired) electrons. The van der Waals surface area contributed by atoms with Crippen molar-refractivity contribution in [1.82, 2.24) is 4.90 Å². The standard InChI is InChI=1S/C25H27NO6/c1-3-10-22(31-18(2)27)24(32-23(28)15-19-11-6-4-7-12-19)21-16-26(21)25(29)30-17-20-13-8-5-9-14-20/h3-14,21-22,24H,15-17H2,1-2H3/b10-3-/t21-,22+,24+,26?/m0/s1. The smallest absolute Gasteiger partial charge is 0.410 e. The Hall–Kier alpha value is -3.61. The van der Waals surface area contributed by atoms with Crippen LogP contribution in [0.1, 0.15) is 25.0 Å². The molecule has 1 saturated heterocycles. The van der Waals surface area contributed by atoms with Gasteiger partial charge in [0, 0.05) is 13.5 Å². The fraction of sp³-hybridized carbons (Fsp3) is 0.320. The number of amides is 1. The zero-order valence-corrected chi connectivity index (χ0v) is 18.2. The monoisotopic (exact) mass is 437 g/mol. The van der Waals surface area contributed by atoms with Gasteiger partial charge >= 0.3 is 18.0 Å². The highest BCUT2D eigenvalue weighted by molar-refractivity contribution is 5.74. The molecule has 7 nitrogen and oxygen atoms in total. The van der Waals surface area contributed by atoms with Gasteiger partial charge in [0.15, 0.2) is 12.2 Å². The van der Waals surface area contributed by atoms with Gasteiger partial charge < -0.3 is 14.2 Å². The zero-order chi connectivity index (χ0) is 22.9. The first-order valence-electron chi connectivity index (χ1n) is 10.5. The normalized spacial score (nSPS) is 16.8. The van der Waals surface area contributed by atoms with E-state index in [2.05, 4.69) is 0 Å². The Kier molecular flexibility index (Phi) is 8.02. The number of rotatable bonds is 9. The van der Waals surface area contributed by atoms with Crippen molar-refractivity contribution in [2.45, 2.75) is 45.1 Å². The second kappa shape index (κ2) is 11.1. The lowest BCUT2D eigenvalue weighted by Gasteiger charge is -2.24. The van der Waals surface area contributed by atoms with Crippen LogP contribution in [0.5, 0.6) is 0 Å². The molecule has 0 unspecified atom stereocenters. The summed E-state index contributed by atoms with van der Waals surface area (Å²) in [6.07, 6.45) is 1.28. The molecule has 3 atom stereocenters. The van der Waals surface area contributed by atoms with E-state index in [1.807, 2.05) is 60.7 Å². The number of carbonyl (C=O) groups is 3. The lowest BCUT2D eigenvalue weighted by Crippen LogP contribution is -2.40. The molecule has 1 heterocycles. The predicted octanol–water partition coefficient (Wildman–Crippen LogP) is 3.67. The van der Waals surface area contributed by atoms with Crippen molar-refractivity contribution >= 4 is 18.0 Å². The first-order valence-corrected chi connectivity index (χ1v) is 10.5. The Labute approximate surface area is 187 Å². The highest BCUT2D eigenvalue weighted by Gasteiger charge is 2.50. The van der Waals surface area contributed by atoms with Crippen molar-refractivity contribution in [3.05, 3.63) is 83.9 Å². The Morgan fingerprint density at radius 3 is 2.22 bits per heavy atom. The second-order valence-electron chi connectivity index (χ2n) is 7.48. The maximum absolute atomic E-state index is 12.6. The largest absolute Gasteiger partial charge is 0.455 e. The van der Waals surface area contributed by atoms with Gasteiger partial charge in [0.1, 0.15) is 6.61 Å².